The second kappa shape index (κ2) is 9.20. The molecule has 1 amide bonds. The summed E-state index contributed by atoms with van der Waals surface area (Å²) in [6.45, 7) is 2.90. The molecule has 0 aromatic heterocycles. The van der Waals surface area contributed by atoms with Crippen molar-refractivity contribution in [3.63, 3.8) is 0 Å². The van der Waals surface area contributed by atoms with Crippen molar-refractivity contribution in [2.75, 3.05) is 33.4 Å². The molecule has 1 aromatic carbocycles. The lowest BCUT2D eigenvalue weighted by atomic mass is 10.0. The van der Waals surface area contributed by atoms with E-state index in [9.17, 15) is 4.79 Å². The maximum atomic E-state index is 12.4. The first-order chi connectivity index (χ1) is 12.3. The number of nitrogens with zero attached hydrogens (tertiary/aromatic N) is 1. The monoisotopic (exact) mass is 346 g/mol. The molecule has 0 radical (unpaired) electrons. The van der Waals surface area contributed by atoms with Crippen LogP contribution >= 0.6 is 0 Å². The van der Waals surface area contributed by atoms with Crippen molar-refractivity contribution in [3.05, 3.63) is 29.8 Å². The molecule has 2 atom stereocenters. The van der Waals surface area contributed by atoms with Crippen molar-refractivity contribution in [2.24, 2.45) is 0 Å². The third-order valence-corrected chi connectivity index (χ3v) is 5.26. The van der Waals surface area contributed by atoms with E-state index in [1.54, 1.807) is 7.11 Å². The maximum Gasteiger partial charge on any atom is 0.234 e. The minimum atomic E-state index is 0.107. The number of hydrogen-bond donors (Lipinski definition) is 1. The summed E-state index contributed by atoms with van der Waals surface area (Å²) in [6.07, 6.45) is 7.07. The van der Waals surface area contributed by atoms with Crippen LogP contribution in [0.25, 0.3) is 0 Å². The van der Waals surface area contributed by atoms with Gasteiger partial charge in [-0.2, -0.15) is 0 Å². The Labute approximate surface area is 150 Å². The molecule has 2 unspecified atom stereocenters. The Balaban J connectivity index is 1.59. The van der Waals surface area contributed by atoms with E-state index in [-0.39, 0.29) is 12.0 Å². The summed E-state index contributed by atoms with van der Waals surface area (Å²) in [7, 11) is 1.69. The maximum absolute atomic E-state index is 12.4. The predicted molar refractivity (Wildman–Crippen MR) is 97.8 cm³/mol. The van der Waals surface area contributed by atoms with Crippen LogP contribution in [0.15, 0.2) is 24.3 Å². The first kappa shape index (κ1) is 18.2. The van der Waals surface area contributed by atoms with Gasteiger partial charge in [-0.05, 0) is 49.9 Å². The van der Waals surface area contributed by atoms with Crippen LogP contribution < -0.4 is 10.1 Å². The van der Waals surface area contributed by atoms with Crippen LogP contribution in [0.4, 0.5) is 0 Å². The highest BCUT2D eigenvalue weighted by molar-refractivity contribution is 5.78. The summed E-state index contributed by atoms with van der Waals surface area (Å²) in [5.41, 5.74) is 1.27. The molecule has 2 fully saturated rings. The quantitative estimate of drug-likeness (QED) is 0.860. The van der Waals surface area contributed by atoms with Gasteiger partial charge in [-0.25, -0.2) is 0 Å². The number of ether oxygens (including phenoxy) is 2. The Kier molecular flexibility index (Phi) is 6.70. The Morgan fingerprint density at radius 3 is 2.76 bits per heavy atom. The fourth-order valence-electron chi connectivity index (χ4n) is 3.83. The molecule has 2 heterocycles. The van der Waals surface area contributed by atoms with Crippen molar-refractivity contribution in [2.45, 2.75) is 50.7 Å². The molecule has 3 rings (SSSR count). The lowest BCUT2D eigenvalue weighted by Gasteiger charge is -2.30. The van der Waals surface area contributed by atoms with Gasteiger partial charge in [0.25, 0.3) is 0 Å². The van der Waals surface area contributed by atoms with Gasteiger partial charge < -0.3 is 14.8 Å². The molecule has 138 valence electrons. The van der Waals surface area contributed by atoms with E-state index in [2.05, 4.69) is 22.3 Å². The van der Waals surface area contributed by atoms with Gasteiger partial charge in [-0.15, -0.1) is 0 Å². The molecule has 2 saturated heterocycles. The molecule has 5 heteroatoms. The van der Waals surface area contributed by atoms with E-state index < -0.39 is 0 Å². The number of hydrogen-bond acceptors (Lipinski definition) is 4. The van der Waals surface area contributed by atoms with Gasteiger partial charge in [-0.3, -0.25) is 9.69 Å². The lowest BCUT2D eigenvalue weighted by molar-refractivity contribution is -0.123. The predicted octanol–water partition coefficient (Wildman–Crippen LogP) is 2.91. The number of methoxy groups -OCH3 is 1. The number of amides is 1. The summed E-state index contributed by atoms with van der Waals surface area (Å²) in [5, 5.41) is 3.06. The number of nitrogens with one attached hydrogen (secondary N) is 1. The highest BCUT2D eigenvalue weighted by Crippen LogP contribution is 2.30. The third kappa shape index (κ3) is 5.19. The van der Waals surface area contributed by atoms with Gasteiger partial charge in [0, 0.05) is 19.2 Å². The van der Waals surface area contributed by atoms with Crippen LogP contribution in [0.3, 0.4) is 0 Å². The van der Waals surface area contributed by atoms with Gasteiger partial charge in [0.15, 0.2) is 0 Å². The van der Waals surface area contributed by atoms with Gasteiger partial charge in [0.2, 0.25) is 5.91 Å². The minimum Gasteiger partial charge on any atom is -0.497 e. The fourth-order valence-corrected chi connectivity index (χ4v) is 3.83. The van der Waals surface area contributed by atoms with Gasteiger partial charge in [-0.1, -0.05) is 25.0 Å². The molecular formula is C20H30N2O3. The lowest BCUT2D eigenvalue weighted by Crippen LogP contribution is -2.41. The van der Waals surface area contributed by atoms with Gasteiger partial charge in [0.05, 0.1) is 19.8 Å². The highest BCUT2D eigenvalue weighted by Gasteiger charge is 2.25. The highest BCUT2D eigenvalue weighted by atomic mass is 16.5. The van der Waals surface area contributed by atoms with E-state index in [1.165, 1.54) is 18.4 Å². The smallest absolute Gasteiger partial charge is 0.234 e. The van der Waals surface area contributed by atoms with E-state index in [1.807, 2.05) is 12.1 Å². The van der Waals surface area contributed by atoms with Crippen LogP contribution in [-0.2, 0) is 9.53 Å². The first-order valence-electron chi connectivity index (χ1n) is 9.52. The Morgan fingerprint density at radius 1 is 1.20 bits per heavy atom. The molecule has 0 aliphatic carbocycles. The van der Waals surface area contributed by atoms with Crippen molar-refractivity contribution in [1.29, 1.82) is 0 Å². The van der Waals surface area contributed by atoms with Gasteiger partial charge >= 0.3 is 0 Å². The molecule has 0 bridgehead atoms. The Morgan fingerprint density at radius 2 is 2.04 bits per heavy atom. The summed E-state index contributed by atoms with van der Waals surface area (Å²) >= 11 is 0. The van der Waals surface area contributed by atoms with Gasteiger partial charge in [0.1, 0.15) is 5.75 Å². The zero-order valence-electron chi connectivity index (χ0n) is 15.2. The normalized spacial score (nSPS) is 24.7. The zero-order valence-corrected chi connectivity index (χ0v) is 15.2. The SMILES string of the molecule is COc1ccc(C2CCCCCN2CC(=O)NCC2CCCO2)cc1. The van der Waals surface area contributed by atoms with Crippen LogP contribution in [0.2, 0.25) is 0 Å². The average molecular weight is 346 g/mol. The van der Waals surface area contributed by atoms with Crippen LogP contribution in [0, 0.1) is 0 Å². The molecule has 1 aromatic rings. The number of rotatable bonds is 6. The van der Waals surface area contributed by atoms with Crippen LogP contribution in [-0.4, -0.2) is 50.3 Å². The molecule has 0 saturated carbocycles. The summed E-state index contributed by atoms with van der Waals surface area (Å²) in [4.78, 5) is 14.8. The molecule has 2 aliphatic rings. The molecular weight excluding hydrogens is 316 g/mol. The number of carbonyl (C=O) groups excluding carboxylic acids is 1. The molecule has 2 aliphatic heterocycles. The summed E-state index contributed by atoms with van der Waals surface area (Å²) in [5.74, 6) is 0.981. The Bertz CT molecular complexity index is 540. The number of carbonyl (C=O) groups is 1. The second-order valence-electron chi connectivity index (χ2n) is 7.05. The molecule has 5 nitrogen and oxygen atoms in total. The fraction of sp³-hybridized carbons (Fsp3) is 0.650. The number of likely N-dealkylation sites (tertiary alicyclic amines) is 1. The summed E-state index contributed by atoms with van der Waals surface area (Å²) < 4.78 is 10.8. The standard InChI is InChI=1S/C20H30N2O3/c1-24-17-10-8-16(9-11-17)19-7-3-2-4-12-22(19)15-20(23)21-14-18-6-5-13-25-18/h8-11,18-19H,2-7,12-15H2,1H3,(H,21,23). The topological polar surface area (TPSA) is 50.8 Å². The minimum absolute atomic E-state index is 0.107. The molecule has 1 N–H and O–H groups in total. The largest absolute Gasteiger partial charge is 0.497 e. The second-order valence-corrected chi connectivity index (χ2v) is 7.05. The van der Waals surface area contributed by atoms with Crippen molar-refractivity contribution < 1.29 is 14.3 Å². The van der Waals surface area contributed by atoms with Crippen molar-refractivity contribution in [3.8, 4) is 5.75 Å². The molecule has 25 heavy (non-hydrogen) atoms. The van der Waals surface area contributed by atoms with Crippen molar-refractivity contribution in [1.82, 2.24) is 10.2 Å². The van der Waals surface area contributed by atoms with Crippen LogP contribution in [0.1, 0.15) is 50.1 Å². The number of benzene rings is 1. The first-order valence-corrected chi connectivity index (χ1v) is 9.52. The van der Waals surface area contributed by atoms with Crippen LogP contribution in [0.5, 0.6) is 5.75 Å². The molecule has 0 spiro atoms. The summed E-state index contributed by atoms with van der Waals surface area (Å²) in [6, 6.07) is 8.59. The van der Waals surface area contributed by atoms with E-state index >= 15 is 0 Å². The zero-order chi connectivity index (χ0) is 17.5. The Hall–Kier alpha value is -1.59. The van der Waals surface area contributed by atoms with E-state index in [0.717, 1.165) is 44.6 Å². The van der Waals surface area contributed by atoms with E-state index in [0.29, 0.717) is 19.1 Å². The average Bonchev–Trinajstić information content (AvgIpc) is 3.06. The van der Waals surface area contributed by atoms with Crippen molar-refractivity contribution >= 4 is 5.91 Å². The third-order valence-electron chi connectivity index (χ3n) is 5.26. The van der Waals surface area contributed by atoms with E-state index in [4.69, 9.17) is 9.47 Å².